The van der Waals surface area contributed by atoms with Gasteiger partial charge in [-0.3, -0.25) is 24.5 Å². The average molecular weight is 565 g/mol. The number of hydrogen-bond donors (Lipinski definition) is 0. The van der Waals surface area contributed by atoms with Gasteiger partial charge in [-0.2, -0.15) is 0 Å². The summed E-state index contributed by atoms with van der Waals surface area (Å²) in [5, 5.41) is 10.8. The van der Waals surface area contributed by atoms with Crippen molar-refractivity contribution in [2.75, 3.05) is 11.5 Å². The predicted molar refractivity (Wildman–Crippen MR) is 148 cm³/mol. The molecule has 6 atom stereocenters. The number of para-hydroxylation sites is 1. The molecule has 3 aromatic carbocycles. The number of ketones is 1. The van der Waals surface area contributed by atoms with Crippen molar-refractivity contribution >= 4 is 34.9 Å². The van der Waals surface area contributed by atoms with Crippen LogP contribution in [0.4, 0.5) is 11.4 Å². The van der Waals surface area contributed by atoms with Gasteiger partial charge in [0.15, 0.2) is 12.4 Å². The summed E-state index contributed by atoms with van der Waals surface area (Å²) in [6.07, 6.45) is 5.24. The maximum Gasteiger partial charge on any atom is 0.340 e. The van der Waals surface area contributed by atoms with E-state index in [4.69, 9.17) is 9.47 Å². The van der Waals surface area contributed by atoms with Gasteiger partial charge in [-0.1, -0.05) is 24.3 Å². The summed E-state index contributed by atoms with van der Waals surface area (Å²) in [6.45, 7) is -0.541. The first-order valence-electron chi connectivity index (χ1n) is 13.7. The number of imide groups is 1. The zero-order valence-electron chi connectivity index (χ0n) is 22.1. The van der Waals surface area contributed by atoms with Gasteiger partial charge in [-0.05, 0) is 78.6 Å². The quantitative estimate of drug-likeness (QED) is 0.0934. The van der Waals surface area contributed by atoms with E-state index in [1.165, 1.54) is 42.5 Å². The number of benzene rings is 3. The minimum Gasteiger partial charge on any atom is -0.457 e. The van der Waals surface area contributed by atoms with E-state index in [1.807, 2.05) is 0 Å². The minimum absolute atomic E-state index is 0.0444. The lowest BCUT2D eigenvalue weighted by molar-refractivity contribution is -0.384. The minimum atomic E-state index is -0.809. The van der Waals surface area contributed by atoms with Gasteiger partial charge in [0.25, 0.3) is 5.69 Å². The van der Waals surface area contributed by atoms with E-state index < -0.39 is 35.1 Å². The summed E-state index contributed by atoms with van der Waals surface area (Å²) in [5.74, 6) is -0.745. The zero-order valence-corrected chi connectivity index (χ0v) is 22.1. The van der Waals surface area contributed by atoms with Crippen molar-refractivity contribution in [3.05, 3.63) is 106 Å². The third kappa shape index (κ3) is 4.18. The van der Waals surface area contributed by atoms with Crippen molar-refractivity contribution in [2.24, 2.45) is 35.5 Å². The monoisotopic (exact) mass is 564 g/mol. The summed E-state index contributed by atoms with van der Waals surface area (Å²) in [4.78, 5) is 64.4. The molecule has 0 radical (unpaired) electrons. The van der Waals surface area contributed by atoms with Crippen LogP contribution in [-0.2, 0) is 14.3 Å². The lowest BCUT2D eigenvalue weighted by Gasteiger charge is -2.37. The van der Waals surface area contributed by atoms with Crippen LogP contribution in [0.25, 0.3) is 0 Å². The first kappa shape index (κ1) is 25.8. The molecule has 1 saturated heterocycles. The van der Waals surface area contributed by atoms with Crippen molar-refractivity contribution in [1.29, 1.82) is 0 Å². The largest absolute Gasteiger partial charge is 0.457 e. The summed E-state index contributed by atoms with van der Waals surface area (Å²) in [5.41, 5.74) is 0.448. The van der Waals surface area contributed by atoms with Gasteiger partial charge in [0.1, 0.15) is 11.5 Å². The molecule has 10 heteroatoms. The van der Waals surface area contributed by atoms with Gasteiger partial charge in [-0.25, -0.2) is 9.69 Å². The standard InChI is InChI=1S/C32H24N2O8/c35-27(17-5-9-19(10-6-17)42-20-11-7-18(8-12-20)34(39)40)16-41-32(38)23-3-1-2-4-26(23)33-30(36)28-21-13-14-22(25-15-24(21)25)29(28)31(33)37/h1-14,21-22,24-25,28-29H,15-16H2/t21-,22-,24-,25-,28+,29+/m0/s1. The fourth-order valence-corrected chi connectivity index (χ4v) is 6.81. The molecule has 3 aromatic rings. The molecule has 0 aromatic heterocycles. The lowest BCUT2D eigenvalue weighted by Crippen LogP contribution is -2.40. The van der Waals surface area contributed by atoms with Crippen LogP contribution in [0.15, 0.2) is 84.9 Å². The number of ether oxygens (including phenoxy) is 2. The van der Waals surface area contributed by atoms with E-state index in [9.17, 15) is 29.3 Å². The SMILES string of the molecule is O=C(COC(=O)c1ccccc1N1C(=O)[C@@H]2[C@H]3C=C[C@@H]([C@@H]4C[C@@H]34)[C@H]2C1=O)c1ccc(Oc2ccc([N+](=O)[O-])cc2)cc1. The summed E-state index contributed by atoms with van der Waals surface area (Å²) < 4.78 is 11.0. The van der Waals surface area contributed by atoms with Gasteiger partial charge in [0.2, 0.25) is 11.8 Å². The van der Waals surface area contributed by atoms with Gasteiger partial charge < -0.3 is 9.47 Å². The van der Waals surface area contributed by atoms with Crippen LogP contribution in [0.5, 0.6) is 11.5 Å². The smallest absolute Gasteiger partial charge is 0.340 e. The van der Waals surface area contributed by atoms with E-state index in [1.54, 1.807) is 30.3 Å². The molecule has 2 bridgehead atoms. The third-order valence-electron chi connectivity index (χ3n) is 8.82. The molecular formula is C32H24N2O8. The number of carbonyl (C=O) groups is 4. The molecule has 10 nitrogen and oxygen atoms in total. The highest BCUT2D eigenvalue weighted by atomic mass is 16.6. The molecule has 3 fully saturated rings. The Morgan fingerprint density at radius 2 is 1.40 bits per heavy atom. The van der Waals surface area contributed by atoms with E-state index in [2.05, 4.69) is 12.2 Å². The zero-order chi connectivity index (χ0) is 29.1. The molecule has 2 amide bonds. The Morgan fingerprint density at radius 3 is 2.00 bits per heavy atom. The van der Waals surface area contributed by atoms with E-state index in [0.717, 1.165) is 11.3 Å². The molecule has 8 rings (SSSR count). The van der Waals surface area contributed by atoms with Crippen molar-refractivity contribution < 1.29 is 33.6 Å². The predicted octanol–water partition coefficient (Wildman–Crippen LogP) is 4.98. The van der Waals surface area contributed by atoms with E-state index in [-0.39, 0.29) is 46.2 Å². The van der Waals surface area contributed by atoms with Gasteiger partial charge in [0, 0.05) is 17.7 Å². The Morgan fingerprint density at radius 1 is 0.833 bits per heavy atom. The molecule has 210 valence electrons. The Labute approximate surface area is 239 Å². The van der Waals surface area contributed by atoms with Crippen LogP contribution in [0, 0.1) is 45.6 Å². The van der Waals surface area contributed by atoms with Crippen LogP contribution in [0.2, 0.25) is 0 Å². The fraction of sp³-hybridized carbons (Fsp3) is 0.250. The second kappa shape index (κ2) is 9.76. The molecule has 1 aliphatic heterocycles. The normalized spacial score (nSPS) is 26.4. The molecule has 5 aliphatic rings. The Bertz CT molecular complexity index is 1640. The molecule has 0 N–H and O–H groups in total. The topological polar surface area (TPSA) is 133 Å². The summed E-state index contributed by atoms with van der Waals surface area (Å²) in [7, 11) is 0. The Kier molecular flexibility index (Phi) is 6.00. The van der Waals surface area contributed by atoms with E-state index >= 15 is 0 Å². The number of anilines is 1. The number of hydrogen-bond acceptors (Lipinski definition) is 8. The number of non-ortho nitro benzene ring substituents is 1. The Balaban J connectivity index is 1.01. The molecule has 2 saturated carbocycles. The highest BCUT2D eigenvalue weighted by Gasteiger charge is 2.67. The number of amides is 2. The molecule has 0 spiro atoms. The summed E-state index contributed by atoms with van der Waals surface area (Å²) in [6, 6.07) is 18.0. The maximum absolute atomic E-state index is 13.5. The number of carbonyl (C=O) groups excluding carboxylic acids is 4. The second-order valence-corrected chi connectivity index (χ2v) is 11.1. The number of nitrogens with zero attached hydrogens (tertiary/aromatic N) is 2. The number of nitro groups is 1. The number of allylic oxidation sites excluding steroid dienone is 2. The third-order valence-corrected chi connectivity index (χ3v) is 8.82. The van der Waals surface area contributed by atoms with Crippen LogP contribution in [0.3, 0.4) is 0 Å². The van der Waals surface area contributed by atoms with E-state index in [0.29, 0.717) is 23.3 Å². The molecule has 0 unspecified atom stereocenters. The Hall–Kier alpha value is -5.12. The molecule has 1 heterocycles. The highest BCUT2D eigenvalue weighted by Crippen LogP contribution is 2.65. The summed E-state index contributed by atoms with van der Waals surface area (Å²) >= 11 is 0. The van der Waals surface area contributed by atoms with Crippen molar-refractivity contribution in [2.45, 2.75) is 6.42 Å². The highest BCUT2D eigenvalue weighted by molar-refractivity contribution is 6.24. The van der Waals surface area contributed by atoms with Crippen LogP contribution < -0.4 is 9.64 Å². The van der Waals surface area contributed by atoms with Crippen molar-refractivity contribution in [3.8, 4) is 11.5 Å². The number of Topliss-reactive ketones (excluding diaryl/α,β-unsaturated/α-hetero) is 1. The van der Waals surface area contributed by atoms with Crippen molar-refractivity contribution in [1.82, 2.24) is 0 Å². The molecular weight excluding hydrogens is 540 g/mol. The first-order chi connectivity index (χ1) is 20.3. The molecule has 42 heavy (non-hydrogen) atoms. The van der Waals surface area contributed by atoms with Crippen LogP contribution >= 0.6 is 0 Å². The second-order valence-electron chi connectivity index (χ2n) is 11.1. The number of rotatable bonds is 8. The van der Waals surface area contributed by atoms with Gasteiger partial charge in [0.05, 0.1) is 28.0 Å². The average Bonchev–Trinajstić information content (AvgIpc) is 3.79. The van der Waals surface area contributed by atoms with Gasteiger partial charge >= 0.3 is 5.97 Å². The van der Waals surface area contributed by atoms with Crippen LogP contribution in [0.1, 0.15) is 27.1 Å². The fourth-order valence-electron chi connectivity index (χ4n) is 6.81. The lowest BCUT2D eigenvalue weighted by atomic mass is 9.63. The maximum atomic E-state index is 13.5. The van der Waals surface area contributed by atoms with Crippen LogP contribution in [-0.4, -0.2) is 35.1 Å². The number of nitro benzene ring substituents is 1. The van der Waals surface area contributed by atoms with Gasteiger partial charge in [-0.15, -0.1) is 0 Å². The molecule has 4 aliphatic carbocycles. The first-order valence-corrected chi connectivity index (χ1v) is 13.7. The number of esters is 1. The van der Waals surface area contributed by atoms with Crippen molar-refractivity contribution in [3.63, 3.8) is 0 Å².